The summed E-state index contributed by atoms with van der Waals surface area (Å²) in [5.41, 5.74) is 0. The van der Waals surface area contributed by atoms with Gasteiger partial charge in [-0.2, -0.15) is 4.31 Å². The van der Waals surface area contributed by atoms with Crippen molar-refractivity contribution in [3.8, 4) is 5.75 Å². The van der Waals surface area contributed by atoms with Crippen molar-refractivity contribution < 1.29 is 17.6 Å². The van der Waals surface area contributed by atoms with Crippen LogP contribution >= 0.6 is 0 Å². The first-order valence-corrected chi connectivity index (χ1v) is 7.68. The summed E-state index contributed by atoms with van der Waals surface area (Å²) in [6, 6.07) is 9.84. The number of hydrogen-bond acceptors (Lipinski definition) is 4. The van der Waals surface area contributed by atoms with Crippen molar-refractivity contribution in [3.63, 3.8) is 0 Å². The summed E-state index contributed by atoms with van der Waals surface area (Å²) >= 11 is 0. The lowest BCUT2D eigenvalue weighted by atomic mass is 10.3. The second kappa shape index (κ2) is 6.11. The Morgan fingerprint density at radius 1 is 1.20 bits per heavy atom. The Balaban J connectivity index is 2.26. The molecule has 0 saturated heterocycles. The van der Waals surface area contributed by atoms with E-state index in [9.17, 15) is 8.42 Å². The molecule has 0 spiro atoms. The Bertz CT molecular complexity index is 632. The van der Waals surface area contributed by atoms with Gasteiger partial charge in [-0.15, -0.1) is 0 Å². The first kappa shape index (κ1) is 14.6. The fraction of sp³-hybridized carbons (Fsp3) is 0.286. The number of benzene rings is 1. The van der Waals surface area contributed by atoms with Crippen molar-refractivity contribution in [1.29, 1.82) is 0 Å². The zero-order valence-corrected chi connectivity index (χ0v) is 12.3. The molecule has 0 unspecified atom stereocenters. The van der Waals surface area contributed by atoms with Gasteiger partial charge in [-0.1, -0.05) is 6.92 Å². The lowest BCUT2D eigenvalue weighted by Crippen LogP contribution is -2.30. The molecule has 2 aromatic rings. The van der Waals surface area contributed by atoms with E-state index in [4.69, 9.17) is 9.15 Å². The van der Waals surface area contributed by atoms with Crippen LogP contribution in [0.25, 0.3) is 0 Å². The van der Waals surface area contributed by atoms with E-state index in [2.05, 4.69) is 0 Å². The molecule has 6 heteroatoms. The van der Waals surface area contributed by atoms with E-state index < -0.39 is 10.0 Å². The molecule has 20 heavy (non-hydrogen) atoms. The smallest absolute Gasteiger partial charge is 0.243 e. The van der Waals surface area contributed by atoms with E-state index in [-0.39, 0.29) is 11.4 Å². The molecule has 0 radical (unpaired) electrons. The van der Waals surface area contributed by atoms with Crippen molar-refractivity contribution in [2.75, 3.05) is 13.7 Å². The van der Waals surface area contributed by atoms with Crippen LogP contribution in [0.4, 0.5) is 0 Å². The number of methoxy groups -OCH3 is 1. The summed E-state index contributed by atoms with van der Waals surface area (Å²) < 4.78 is 36.7. The van der Waals surface area contributed by atoms with Gasteiger partial charge in [0.2, 0.25) is 10.0 Å². The number of nitrogens with zero attached hydrogens (tertiary/aromatic N) is 1. The molecule has 1 aromatic heterocycles. The molecule has 0 amide bonds. The predicted molar refractivity (Wildman–Crippen MR) is 75.0 cm³/mol. The first-order chi connectivity index (χ1) is 9.57. The topological polar surface area (TPSA) is 59.8 Å². The van der Waals surface area contributed by atoms with Gasteiger partial charge in [0.1, 0.15) is 11.5 Å². The van der Waals surface area contributed by atoms with E-state index in [1.54, 1.807) is 50.4 Å². The minimum Gasteiger partial charge on any atom is -0.497 e. The van der Waals surface area contributed by atoms with E-state index in [0.717, 1.165) is 0 Å². The molecular formula is C14H17NO4S. The monoisotopic (exact) mass is 295 g/mol. The molecule has 108 valence electrons. The maximum atomic E-state index is 12.5. The van der Waals surface area contributed by atoms with Crippen LogP contribution in [0, 0.1) is 0 Å². The van der Waals surface area contributed by atoms with Gasteiger partial charge in [-0.05, 0) is 36.4 Å². The first-order valence-electron chi connectivity index (χ1n) is 6.24. The zero-order valence-electron chi connectivity index (χ0n) is 11.4. The highest BCUT2D eigenvalue weighted by Gasteiger charge is 2.23. The van der Waals surface area contributed by atoms with Crippen LogP contribution in [-0.2, 0) is 16.6 Å². The van der Waals surface area contributed by atoms with Crippen LogP contribution in [-0.4, -0.2) is 26.4 Å². The molecule has 0 atom stereocenters. The van der Waals surface area contributed by atoms with Crippen molar-refractivity contribution in [2.24, 2.45) is 0 Å². The standard InChI is InChI=1S/C14H17NO4S/c1-3-15(11-13-5-4-10-19-13)20(16,17)14-8-6-12(18-2)7-9-14/h4-10H,3,11H2,1-2H3. The van der Waals surface area contributed by atoms with E-state index in [1.165, 1.54) is 10.6 Å². The van der Waals surface area contributed by atoms with Gasteiger partial charge < -0.3 is 9.15 Å². The predicted octanol–water partition coefficient (Wildman–Crippen LogP) is 2.50. The van der Waals surface area contributed by atoms with Crippen molar-refractivity contribution in [2.45, 2.75) is 18.4 Å². The molecule has 0 saturated carbocycles. The number of rotatable bonds is 6. The van der Waals surface area contributed by atoms with Gasteiger partial charge in [-0.25, -0.2) is 8.42 Å². The second-order valence-corrected chi connectivity index (χ2v) is 6.12. The molecule has 1 aromatic carbocycles. The number of sulfonamides is 1. The Morgan fingerprint density at radius 2 is 1.90 bits per heavy atom. The lowest BCUT2D eigenvalue weighted by Gasteiger charge is -2.19. The average Bonchev–Trinajstić information content (AvgIpc) is 2.97. The van der Waals surface area contributed by atoms with Crippen LogP contribution in [0.1, 0.15) is 12.7 Å². The maximum absolute atomic E-state index is 12.5. The number of hydrogen-bond donors (Lipinski definition) is 0. The van der Waals surface area contributed by atoms with E-state index >= 15 is 0 Å². The fourth-order valence-corrected chi connectivity index (χ4v) is 3.26. The lowest BCUT2D eigenvalue weighted by molar-refractivity contribution is 0.375. The van der Waals surface area contributed by atoms with Gasteiger partial charge in [-0.3, -0.25) is 0 Å². The summed E-state index contributed by atoms with van der Waals surface area (Å²) in [5, 5.41) is 0. The molecule has 2 rings (SSSR count). The third kappa shape index (κ3) is 3.02. The highest BCUT2D eigenvalue weighted by atomic mass is 32.2. The molecule has 5 nitrogen and oxygen atoms in total. The maximum Gasteiger partial charge on any atom is 0.243 e. The number of furan rings is 1. The summed E-state index contributed by atoms with van der Waals surface area (Å²) in [5.74, 6) is 1.24. The van der Waals surface area contributed by atoms with Crippen LogP contribution in [0.3, 0.4) is 0 Å². The molecule has 0 aliphatic heterocycles. The van der Waals surface area contributed by atoms with Crippen molar-refractivity contribution in [3.05, 3.63) is 48.4 Å². The largest absolute Gasteiger partial charge is 0.497 e. The fourth-order valence-electron chi connectivity index (χ4n) is 1.84. The normalized spacial score (nSPS) is 11.8. The summed E-state index contributed by atoms with van der Waals surface area (Å²) in [6.07, 6.45) is 1.53. The van der Waals surface area contributed by atoms with E-state index in [0.29, 0.717) is 18.1 Å². The van der Waals surface area contributed by atoms with Crippen molar-refractivity contribution >= 4 is 10.0 Å². The molecule has 0 aliphatic carbocycles. The zero-order chi connectivity index (χ0) is 14.6. The quantitative estimate of drug-likeness (QED) is 0.821. The van der Waals surface area contributed by atoms with Gasteiger partial charge in [0.05, 0.1) is 24.8 Å². The molecular weight excluding hydrogens is 278 g/mol. The van der Waals surface area contributed by atoms with Gasteiger partial charge >= 0.3 is 0 Å². The van der Waals surface area contributed by atoms with Crippen LogP contribution in [0.15, 0.2) is 52.0 Å². The molecule has 0 bridgehead atoms. The minimum atomic E-state index is -3.53. The van der Waals surface area contributed by atoms with Crippen LogP contribution in [0.5, 0.6) is 5.75 Å². The molecule has 0 aliphatic rings. The third-order valence-corrected chi connectivity index (χ3v) is 4.90. The Morgan fingerprint density at radius 3 is 2.40 bits per heavy atom. The summed E-state index contributed by atoms with van der Waals surface area (Å²) in [7, 11) is -1.99. The van der Waals surface area contributed by atoms with E-state index in [1.807, 2.05) is 0 Å². The SMILES string of the molecule is CCN(Cc1ccco1)S(=O)(=O)c1ccc(OC)cc1. The highest BCUT2D eigenvalue weighted by Crippen LogP contribution is 2.21. The minimum absolute atomic E-state index is 0.220. The molecule has 0 N–H and O–H groups in total. The average molecular weight is 295 g/mol. The summed E-state index contributed by atoms with van der Waals surface area (Å²) in [6.45, 7) is 2.39. The van der Waals surface area contributed by atoms with Gasteiger partial charge in [0.25, 0.3) is 0 Å². The third-order valence-electron chi connectivity index (χ3n) is 2.96. The van der Waals surface area contributed by atoms with Crippen molar-refractivity contribution in [1.82, 2.24) is 4.31 Å². The molecule has 0 fully saturated rings. The molecule has 1 heterocycles. The Labute approximate surface area is 118 Å². The number of ether oxygens (including phenoxy) is 1. The van der Waals surface area contributed by atoms with Gasteiger partial charge in [0.15, 0.2) is 0 Å². The summed E-state index contributed by atoms with van der Waals surface area (Å²) in [4.78, 5) is 0.242. The highest BCUT2D eigenvalue weighted by molar-refractivity contribution is 7.89. The Hall–Kier alpha value is -1.79. The van der Waals surface area contributed by atoms with Crippen LogP contribution in [0.2, 0.25) is 0 Å². The van der Waals surface area contributed by atoms with Crippen LogP contribution < -0.4 is 4.74 Å². The Kier molecular flexibility index (Phi) is 4.46. The second-order valence-electron chi connectivity index (χ2n) is 4.19. The van der Waals surface area contributed by atoms with Gasteiger partial charge in [0, 0.05) is 6.54 Å².